The van der Waals surface area contributed by atoms with Crippen molar-refractivity contribution in [3.8, 4) is 0 Å². The molecule has 0 saturated carbocycles. The highest BCUT2D eigenvalue weighted by molar-refractivity contribution is 5.79. The van der Waals surface area contributed by atoms with Crippen LogP contribution in [-0.4, -0.2) is 41.5 Å². The number of piperidine rings is 1. The average molecular weight is 270 g/mol. The molecule has 3 N–H and O–H groups in total. The largest absolute Gasteiger partial charge is 0.481 e. The molecular formula is C14H26N2O3. The van der Waals surface area contributed by atoms with Crippen LogP contribution in [0.5, 0.6) is 0 Å². The fraction of sp³-hybridized carbons (Fsp3) is 0.857. The monoisotopic (exact) mass is 270 g/mol. The number of carboxylic acid groups (broad SMARTS) is 1. The van der Waals surface area contributed by atoms with Crippen molar-refractivity contribution in [2.45, 2.75) is 46.0 Å². The minimum atomic E-state index is -0.779. The smallest absolute Gasteiger partial charge is 0.311 e. The molecule has 1 aliphatic rings. The van der Waals surface area contributed by atoms with E-state index < -0.39 is 11.4 Å². The SMILES string of the molecule is CCC(CN)CC(=O)N1CCCC(CC)(C(=O)O)C1. The van der Waals surface area contributed by atoms with Gasteiger partial charge in [0.25, 0.3) is 0 Å². The molecule has 110 valence electrons. The Balaban J connectivity index is 2.68. The molecule has 0 aliphatic carbocycles. The van der Waals surface area contributed by atoms with Crippen LogP contribution in [0.3, 0.4) is 0 Å². The molecule has 19 heavy (non-hydrogen) atoms. The first-order valence-electron chi connectivity index (χ1n) is 7.20. The minimum absolute atomic E-state index is 0.0519. The molecule has 2 unspecified atom stereocenters. The van der Waals surface area contributed by atoms with Gasteiger partial charge in [0.2, 0.25) is 5.91 Å². The minimum Gasteiger partial charge on any atom is -0.481 e. The van der Waals surface area contributed by atoms with E-state index >= 15 is 0 Å². The molecule has 5 heteroatoms. The second-order valence-corrected chi connectivity index (χ2v) is 5.57. The van der Waals surface area contributed by atoms with Crippen molar-refractivity contribution >= 4 is 11.9 Å². The van der Waals surface area contributed by atoms with Crippen LogP contribution in [0.1, 0.15) is 46.0 Å². The Morgan fingerprint density at radius 1 is 1.42 bits per heavy atom. The lowest BCUT2D eigenvalue weighted by Gasteiger charge is -2.39. The zero-order valence-corrected chi connectivity index (χ0v) is 12.0. The number of carboxylic acids is 1. The van der Waals surface area contributed by atoms with Crippen molar-refractivity contribution < 1.29 is 14.7 Å². The lowest BCUT2D eigenvalue weighted by molar-refractivity contribution is -0.155. The van der Waals surface area contributed by atoms with Gasteiger partial charge in [-0.2, -0.15) is 0 Å². The van der Waals surface area contributed by atoms with Gasteiger partial charge in [0, 0.05) is 19.5 Å². The van der Waals surface area contributed by atoms with Gasteiger partial charge < -0.3 is 15.7 Å². The molecule has 1 heterocycles. The second-order valence-electron chi connectivity index (χ2n) is 5.57. The molecule has 5 nitrogen and oxygen atoms in total. The van der Waals surface area contributed by atoms with Crippen molar-refractivity contribution in [3.63, 3.8) is 0 Å². The number of hydrogen-bond donors (Lipinski definition) is 2. The van der Waals surface area contributed by atoms with Gasteiger partial charge in [0.1, 0.15) is 0 Å². The fourth-order valence-corrected chi connectivity index (χ4v) is 2.73. The maximum atomic E-state index is 12.2. The number of amides is 1. The van der Waals surface area contributed by atoms with Gasteiger partial charge in [0.15, 0.2) is 0 Å². The van der Waals surface area contributed by atoms with E-state index in [-0.39, 0.29) is 11.8 Å². The lowest BCUT2D eigenvalue weighted by Crippen LogP contribution is -2.50. The van der Waals surface area contributed by atoms with E-state index in [1.165, 1.54) is 0 Å². The van der Waals surface area contributed by atoms with Crippen molar-refractivity contribution in [2.24, 2.45) is 17.1 Å². The molecule has 1 rings (SSSR count). The van der Waals surface area contributed by atoms with E-state index in [2.05, 4.69) is 0 Å². The molecule has 0 aromatic heterocycles. The number of carbonyl (C=O) groups is 2. The van der Waals surface area contributed by atoms with E-state index in [4.69, 9.17) is 5.73 Å². The summed E-state index contributed by atoms with van der Waals surface area (Å²) >= 11 is 0. The molecule has 1 saturated heterocycles. The summed E-state index contributed by atoms with van der Waals surface area (Å²) in [6.45, 7) is 5.44. The van der Waals surface area contributed by atoms with E-state index in [0.29, 0.717) is 38.9 Å². The van der Waals surface area contributed by atoms with Gasteiger partial charge in [-0.25, -0.2) is 0 Å². The van der Waals surface area contributed by atoms with Crippen LogP contribution in [0.25, 0.3) is 0 Å². The Kier molecular flexibility index (Phi) is 5.79. The average Bonchev–Trinajstić information content (AvgIpc) is 2.44. The normalized spacial score (nSPS) is 25.1. The zero-order chi connectivity index (χ0) is 14.5. The number of nitrogens with two attached hydrogens (primary N) is 1. The lowest BCUT2D eigenvalue weighted by atomic mass is 9.77. The molecule has 1 aliphatic heterocycles. The van der Waals surface area contributed by atoms with Crippen molar-refractivity contribution in [2.75, 3.05) is 19.6 Å². The maximum Gasteiger partial charge on any atom is 0.311 e. The highest BCUT2D eigenvalue weighted by atomic mass is 16.4. The van der Waals surface area contributed by atoms with Crippen LogP contribution < -0.4 is 5.73 Å². The molecule has 0 radical (unpaired) electrons. The van der Waals surface area contributed by atoms with E-state index in [1.54, 1.807) is 4.90 Å². The van der Waals surface area contributed by atoms with E-state index in [9.17, 15) is 14.7 Å². The Labute approximate surface area is 115 Å². The van der Waals surface area contributed by atoms with Gasteiger partial charge in [-0.1, -0.05) is 20.3 Å². The number of aliphatic carboxylic acids is 1. The summed E-state index contributed by atoms with van der Waals surface area (Å²) < 4.78 is 0. The molecule has 1 amide bonds. The van der Waals surface area contributed by atoms with Crippen LogP contribution in [0.4, 0.5) is 0 Å². The third kappa shape index (κ3) is 3.69. The summed E-state index contributed by atoms with van der Waals surface area (Å²) in [6.07, 6.45) is 3.32. The standard InChI is InChI=1S/C14H26N2O3/c1-3-11(9-15)8-12(17)16-7-5-6-14(4-2,10-16)13(18)19/h11H,3-10,15H2,1-2H3,(H,18,19). The molecule has 0 bridgehead atoms. The number of hydrogen-bond acceptors (Lipinski definition) is 3. The van der Waals surface area contributed by atoms with Crippen LogP contribution >= 0.6 is 0 Å². The van der Waals surface area contributed by atoms with Gasteiger partial charge in [0.05, 0.1) is 5.41 Å². The third-order valence-electron chi connectivity index (χ3n) is 4.43. The highest BCUT2D eigenvalue weighted by Gasteiger charge is 2.42. The number of rotatable bonds is 6. The Morgan fingerprint density at radius 3 is 2.58 bits per heavy atom. The van der Waals surface area contributed by atoms with Crippen LogP contribution in [0, 0.1) is 11.3 Å². The van der Waals surface area contributed by atoms with Crippen LogP contribution in [0.2, 0.25) is 0 Å². The number of nitrogens with zero attached hydrogens (tertiary/aromatic N) is 1. The quantitative estimate of drug-likeness (QED) is 0.765. The van der Waals surface area contributed by atoms with E-state index in [1.807, 2.05) is 13.8 Å². The second kappa shape index (κ2) is 6.89. The number of carbonyl (C=O) groups excluding carboxylic acids is 1. The van der Waals surface area contributed by atoms with Crippen molar-refractivity contribution in [1.82, 2.24) is 4.90 Å². The predicted octanol–water partition coefficient (Wildman–Crippen LogP) is 1.46. The summed E-state index contributed by atoms with van der Waals surface area (Å²) in [5.41, 5.74) is 4.87. The summed E-state index contributed by atoms with van der Waals surface area (Å²) in [6, 6.07) is 0. The van der Waals surface area contributed by atoms with Gasteiger partial charge in [-0.3, -0.25) is 9.59 Å². The first kappa shape index (κ1) is 16.0. The molecule has 0 spiro atoms. The summed E-state index contributed by atoms with van der Waals surface area (Å²) in [5.74, 6) is -0.523. The summed E-state index contributed by atoms with van der Waals surface area (Å²) in [5, 5.41) is 9.40. The van der Waals surface area contributed by atoms with Crippen LogP contribution in [-0.2, 0) is 9.59 Å². The first-order chi connectivity index (χ1) is 8.99. The maximum absolute atomic E-state index is 12.2. The first-order valence-corrected chi connectivity index (χ1v) is 7.20. The topological polar surface area (TPSA) is 83.6 Å². The van der Waals surface area contributed by atoms with Crippen molar-refractivity contribution in [1.29, 1.82) is 0 Å². The molecule has 2 atom stereocenters. The molecule has 0 aromatic rings. The summed E-state index contributed by atoms with van der Waals surface area (Å²) in [4.78, 5) is 25.4. The Hall–Kier alpha value is -1.10. The third-order valence-corrected chi connectivity index (χ3v) is 4.43. The molecular weight excluding hydrogens is 244 g/mol. The highest BCUT2D eigenvalue weighted by Crippen LogP contribution is 2.34. The fourth-order valence-electron chi connectivity index (χ4n) is 2.73. The van der Waals surface area contributed by atoms with Crippen molar-refractivity contribution in [3.05, 3.63) is 0 Å². The van der Waals surface area contributed by atoms with Gasteiger partial charge >= 0.3 is 5.97 Å². The molecule has 0 aromatic carbocycles. The summed E-state index contributed by atoms with van der Waals surface area (Å²) in [7, 11) is 0. The van der Waals surface area contributed by atoms with Gasteiger partial charge in [-0.15, -0.1) is 0 Å². The Morgan fingerprint density at radius 2 is 2.11 bits per heavy atom. The number of likely N-dealkylation sites (tertiary alicyclic amines) is 1. The van der Waals surface area contributed by atoms with Gasteiger partial charge in [-0.05, 0) is 31.7 Å². The molecule has 1 fully saturated rings. The Bertz CT molecular complexity index is 329. The van der Waals surface area contributed by atoms with Crippen LogP contribution in [0.15, 0.2) is 0 Å². The predicted molar refractivity (Wildman–Crippen MR) is 73.6 cm³/mol. The van der Waals surface area contributed by atoms with E-state index in [0.717, 1.165) is 12.8 Å². The zero-order valence-electron chi connectivity index (χ0n) is 12.0.